The molecule has 1 amide bonds. The lowest BCUT2D eigenvalue weighted by atomic mass is 10.3. The highest BCUT2D eigenvalue weighted by Crippen LogP contribution is 1.94. The molecule has 1 fully saturated rings. The zero-order valence-electron chi connectivity index (χ0n) is 8.53. The first-order valence-electron chi connectivity index (χ1n) is 4.96. The molecule has 5 heteroatoms. The van der Waals surface area contributed by atoms with Gasteiger partial charge in [-0.3, -0.25) is 9.69 Å². The standard InChI is InChI=1S/C9H18N2O3/c1-8(12)9(13)10-2-3-11-4-6-14-7-5-11/h8,12H,2-7H2,1H3,(H,10,13)/t8-/m0/s1. The summed E-state index contributed by atoms with van der Waals surface area (Å²) in [6.07, 6.45) is -0.917. The normalized spacial score (nSPS) is 20.4. The number of carbonyl (C=O) groups is 1. The van der Waals surface area contributed by atoms with Gasteiger partial charge in [0.25, 0.3) is 0 Å². The summed E-state index contributed by atoms with van der Waals surface area (Å²) in [6, 6.07) is 0. The number of amides is 1. The molecular formula is C9H18N2O3. The van der Waals surface area contributed by atoms with Gasteiger partial charge in [-0.15, -0.1) is 0 Å². The van der Waals surface area contributed by atoms with Crippen molar-refractivity contribution in [2.45, 2.75) is 13.0 Å². The molecule has 1 heterocycles. The van der Waals surface area contributed by atoms with E-state index in [9.17, 15) is 4.79 Å². The summed E-state index contributed by atoms with van der Waals surface area (Å²) in [5, 5.41) is 11.6. The molecule has 1 saturated heterocycles. The number of hydrogen-bond acceptors (Lipinski definition) is 4. The van der Waals surface area contributed by atoms with Crippen molar-refractivity contribution in [2.24, 2.45) is 0 Å². The van der Waals surface area contributed by atoms with Crippen molar-refractivity contribution in [3.8, 4) is 0 Å². The summed E-state index contributed by atoms with van der Waals surface area (Å²) < 4.78 is 5.20. The van der Waals surface area contributed by atoms with Crippen molar-refractivity contribution >= 4 is 5.91 Å². The van der Waals surface area contributed by atoms with Gasteiger partial charge in [-0.05, 0) is 6.92 Å². The summed E-state index contributed by atoms with van der Waals surface area (Å²) in [5.74, 6) is -0.307. The molecule has 0 saturated carbocycles. The molecule has 1 aliphatic heterocycles. The molecule has 5 nitrogen and oxygen atoms in total. The topological polar surface area (TPSA) is 61.8 Å². The highest BCUT2D eigenvalue weighted by atomic mass is 16.5. The van der Waals surface area contributed by atoms with Crippen LogP contribution in [0, 0.1) is 0 Å². The number of hydrogen-bond donors (Lipinski definition) is 2. The highest BCUT2D eigenvalue weighted by molar-refractivity contribution is 5.79. The summed E-state index contributed by atoms with van der Waals surface area (Å²) >= 11 is 0. The summed E-state index contributed by atoms with van der Waals surface area (Å²) in [4.78, 5) is 13.2. The van der Waals surface area contributed by atoms with Crippen molar-refractivity contribution < 1.29 is 14.6 Å². The van der Waals surface area contributed by atoms with Crippen molar-refractivity contribution in [1.82, 2.24) is 10.2 Å². The Kier molecular flexibility index (Phi) is 4.86. The quantitative estimate of drug-likeness (QED) is 0.602. The summed E-state index contributed by atoms with van der Waals surface area (Å²) in [6.45, 7) is 6.25. The third-order valence-corrected chi connectivity index (χ3v) is 2.21. The minimum Gasteiger partial charge on any atom is -0.384 e. The minimum atomic E-state index is -0.917. The van der Waals surface area contributed by atoms with Crippen LogP contribution in [0.5, 0.6) is 0 Å². The Labute approximate surface area is 84.0 Å². The van der Waals surface area contributed by atoms with Crippen LogP contribution >= 0.6 is 0 Å². The first-order valence-corrected chi connectivity index (χ1v) is 4.96. The van der Waals surface area contributed by atoms with E-state index < -0.39 is 6.10 Å². The van der Waals surface area contributed by atoms with E-state index in [0.717, 1.165) is 32.8 Å². The number of nitrogens with zero attached hydrogens (tertiary/aromatic N) is 1. The van der Waals surface area contributed by atoms with E-state index in [1.807, 2.05) is 0 Å². The summed E-state index contributed by atoms with van der Waals surface area (Å²) in [7, 11) is 0. The maximum Gasteiger partial charge on any atom is 0.248 e. The fraction of sp³-hybridized carbons (Fsp3) is 0.889. The van der Waals surface area contributed by atoms with Crippen molar-refractivity contribution in [3.05, 3.63) is 0 Å². The predicted octanol–water partition coefficient (Wildman–Crippen LogP) is -1.18. The number of morpholine rings is 1. The Morgan fingerprint density at radius 3 is 2.79 bits per heavy atom. The third kappa shape index (κ3) is 4.04. The van der Waals surface area contributed by atoms with Gasteiger partial charge in [-0.2, -0.15) is 0 Å². The van der Waals surface area contributed by atoms with Crippen LogP contribution in [0.2, 0.25) is 0 Å². The predicted molar refractivity (Wildman–Crippen MR) is 51.9 cm³/mol. The van der Waals surface area contributed by atoms with Gasteiger partial charge in [-0.25, -0.2) is 0 Å². The Balaban J connectivity index is 2.05. The van der Waals surface area contributed by atoms with E-state index in [0.29, 0.717) is 6.54 Å². The fourth-order valence-corrected chi connectivity index (χ4v) is 1.31. The Morgan fingerprint density at radius 2 is 2.21 bits per heavy atom. The van der Waals surface area contributed by atoms with Gasteiger partial charge < -0.3 is 15.2 Å². The number of aliphatic hydroxyl groups excluding tert-OH is 1. The van der Waals surface area contributed by atoms with E-state index in [-0.39, 0.29) is 5.91 Å². The molecule has 0 aromatic rings. The monoisotopic (exact) mass is 202 g/mol. The van der Waals surface area contributed by atoms with Gasteiger partial charge in [0.15, 0.2) is 0 Å². The van der Waals surface area contributed by atoms with Gasteiger partial charge in [0.05, 0.1) is 13.2 Å². The number of rotatable bonds is 4. The van der Waals surface area contributed by atoms with E-state index in [4.69, 9.17) is 9.84 Å². The van der Waals surface area contributed by atoms with Crippen LogP contribution in [0.4, 0.5) is 0 Å². The maximum atomic E-state index is 11.0. The van der Waals surface area contributed by atoms with E-state index in [2.05, 4.69) is 10.2 Å². The Bertz CT molecular complexity index is 179. The lowest BCUT2D eigenvalue weighted by Crippen LogP contribution is -2.42. The molecule has 0 radical (unpaired) electrons. The van der Waals surface area contributed by atoms with Gasteiger partial charge in [0.2, 0.25) is 5.91 Å². The van der Waals surface area contributed by atoms with Crippen LogP contribution < -0.4 is 5.32 Å². The van der Waals surface area contributed by atoms with Crippen LogP contribution in [-0.2, 0) is 9.53 Å². The second-order valence-electron chi connectivity index (χ2n) is 3.42. The third-order valence-electron chi connectivity index (χ3n) is 2.21. The van der Waals surface area contributed by atoms with Crippen molar-refractivity contribution in [3.63, 3.8) is 0 Å². The first kappa shape index (κ1) is 11.4. The van der Waals surface area contributed by atoms with Crippen molar-refractivity contribution in [1.29, 1.82) is 0 Å². The van der Waals surface area contributed by atoms with Crippen molar-refractivity contribution in [2.75, 3.05) is 39.4 Å². The summed E-state index contributed by atoms with van der Waals surface area (Å²) in [5.41, 5.74) is 0. The fourth-order valence-electron chi connectivity index (χ4n) is 1.31. The number of ether oxygens (including phenoxy) is 1. The van der Waals surface area contributed by atoms with Gasteiger partial charge in [0.1, 0.15) is 6.10 Å². The number of carbonyl (C=O) groups excluding carboxylic acids is 1. The molecule has 14 heavy (non-hydrogen) atoms. The highest BCUT2D eigenvalue weighted by Gasteiger charge is 2.11. The van der Waals surface area contributed by atoms with Gasteiger partial charge >= 0.3 is 0 Å². The smallest absolute Gasteiger partial charge is 0.248 e. The van der Waals surface area contributed by atoms with Gasteiger partial charge in [-0.1, -0.05) is 0 Å². The molecule has 0 unspecified atom stereocenters. The zero-order valence-corrected chi connectivity index (χ0v) is 8.53. The van der Waals surface area contributed by atoms with Crippen LogP contribution in [-0.4, -0.2) is 61.4 Å². The van der Waals surface area contributed by atoms with E-state index >= 15 is 0 Å². The minimum absolute atomic E-state index is 0.307. The molecule has 0 bridgehead atoms. The molecular weight excluding hydrogens is 184 g/mol. The molecule has 82 valence electrons. The van der Waals surface area contributed by atoms with E-state index in [1.165, 1.54) is 6.92 Å². The molecule has 0 aliphatic carbocycles. The molecule has 0 spiro atoms. The molecule has 2 N–H and O–H groups in total. The first-order chi connectivity index (χ1) is 6.70. The average molecular weight is 202 g/mol. The van der Waals surface area contributed by atoms with Crippen LogP contribution in [0.15, 0.2) is 0 Å². The molecule has 1 aliphatic rings. The molecule has 1 rings (SSSR count). The second-order valence-corrected chi connectivity index (χ2v) is 3.42. The lowest BCUT2D eigenvalue weighted by Gasteiger charge is -2.26. The zero-order chi connectivity index (χ0) is 10.4. The maximum absolute atomic E-state index is 11.0. The SMILES string of the molecule is C[C@H](O)C(=O)NCCN1CCOCC1. The largest absolute Gasteiger partial charge is 0.384 e. The molecule has 1 atom stereocenters. The number of aliphatic hydroxyl groups is 1. The Hall–Kier alpha value is -0.650. The second kappa shape index (κ2) is 5.95. The lowest BCUT2D eigenvalue weighted by molar-refractivity contribution is -0.128. The molecule has 0 aromatic carbocycles. The molecule has 0 aromatic heterocycles. The van der Waals surface area contributed by atoms with Crippen LogP contribution in [0.3, 0.4) is 0 Å². The van der Waals surface area contributed by atoms with Crippen LogP contribution in [0.25, 0.3) is 0 Å². The van der Waals surface area contributed by atoms with Crippen LogP contribution in [0.1, 0.15) is 6.92 Å². The number of nitrogens with one attached hydrogen (secondary N) is 1. The average Bonchev–Trinajstić information content (AvgIpc) is 2.19. The van der Waals surface area contributed by atoms with E-state index in [1.54, 1.807) is 0 Å². The van der Waals surface area contributed by atoms with Gasteiger partial charge in [0, 0.05) is 26.2 Å². The Morgan fingerprint density at radius 1 is 1.57 bits per heavy atom.